The van der Waals surface area contributed by atoms with Gasteiger partial charge in [0, 0.05) is 25.1 Å². The van der Waals surface area contributed by atoms with Crippen molar-refractivity contribution in [1.82, 2.24) is 15.8 Å². The van der Waals surface area contributed by atoms with Gasteiger partial charge in [0.05, 0.1) is 12.2 Å². The third-order valence-corrected chi connectivity index (χ3v) is 4.53. The molecular formula is C21H33IN4O. The van der Waals surface area contributed by atoms with E-state index in [9.17, 15) is 0 Å². The van der Waals surface area contributed by atoms with Crippen molar-refractivity contribution in [2.75, 3.05) is 13.1 Å². The molecule has 1 atom stereocenters. The second kappa shape index (κ2) is 12.0. The number of aromatic nitrogens is 1. The second-order valence-corrected chi connectivity index (χ2v) is 6.63. The molecule has 1 aromatic carbocycles. The van der Waals surface area contributed by atoms with Gasteiger partial charge in [0.2, 0.25) is 0 Å². The van der Waals surface area contributed by atoms with Crippen LogP contribution in [0.4, 0.5) is 0 Å². The maximum atomic E-state index is 5.44. The molecule has 5 nitrogen and oxygen atoms in total. The molecule has 27 heavy (non-hydrogen) atoms. The van der Waals surface area contributed by atoms with E-state index < -0.39 is 0 Å². The highest BCUT2D eigenvalue weighted by Gasteiger charge is 2.13. The highest BCUT2D eigenvalue weighted by Crippen LogP contribution is 2.17. The van der Waals surface area contributed by atoms with E-state index in [0.717, 1.165) is 48.9 Å². The Morgan fingerprint density at radius 2 is 1.96 bits per heavy atom. The number of hydrogen-bond donors (Lipinski definition) is 2. The number of rotatable bonds is 8. The summed E-state index contributed by atoms with van der Waals surface area (Å²) in [5.74, 6) is 2.18. The molecule has 0 aliphatic heterocycles. The Morgan fingerprint density at radius 1 is 1.19 bits per heavy atom. The Morgan fingerprint density at radius 3 is 2.59 bits per heavy atom. The van der Waals surface area contributed by atoms with Gasteiger partial charge < -0.3 is 15.2 Å². The zero-order valence-electron chi connectivity index (χ0n) is 17.1. The lowest BCUT2D eigenvalue weighted by molar-refractivity contribution is 0.380. The number of nitrogens with zero attached hydrogens (tertiary/aromatic N) is 2. The van der Waals surface area contributed by atoms with Gasteiger partial charge in [-0.1, -0.05) is 55.8 Å². The van der Waals surface area contributed by atoms with Crippen LogP contribution in [0.15, 0.2) is 33.8 Å². The van der Waals surface area contributed by atoms with Gasteiger partial charge in [-0.05, 0) is 31.7 Å². The predicted octanol–water partition coefficient (Wildman–Crippen LogP) is 4.58. The first kappa shape index (κ1) is 23.5. The van der Waals surface area contributed by atoms with E-state index in [0.29, 0.717) is 12.5 Å². The van der Waals surface area contributed by atoms with Crippen LogP contribution in [0.3, 0.4) is 0 Å². The molecular weight excluding hydrogens is 451 g/mol. The lowest BCUT2D eigenvalue weighted by Crippen LogP contribution is -2.39. The molecule has 0 aliphatic carbocycles. The van der Waals surface area contributed by atoms with Gasteiger partial charge >= 0.3 is 0 Å². The zero-order chi connectivity index (χ0) is 18.9. The summed E-state index contributed by atoms with van der Waals surface area (Å²) < 4.78 is 5.44. The van der Waals surface area contributed by atoms with Crippen molar-refractivity contribution in [1.29, 1.82) is 0 Å². The number of halogens is 1. The first-order valence-electron chi connectivity index (χ1n) is 9.63. The summed E-state index contributed by atoms with van der Waals surface area (Å²) in [7, 11) is 0. The molecule has 1 unspecified atom stereocenters. The minimum atomic E-state index is 0. The lowest BCUT2D eigenvalue weighted by Gasteiger charge is -2.16. The molecule has 1 heterocycles. The van der Waals surface area contributed by atoms with Gasteiger partial charge in [-0.15, -0.1) is 24.0 Å². The minimum absolute atomic E-state index is 0. The van der Waals surface area contributed by atoms with Crippen LogP contribution in [0.25, 0.3) is 0 Å². The van der Waals surface area contributed by atoms with E-state index in [2.05, 4.69) is 74.7 Å². The standard InChI is InChI=1S/C21H32N4O.HI/c1-6-19-18(20(7-2)26-25-19)14-24-21(22-8-3)23-13-16(5)17-11-9-10-15(4)12-17;/h9-12,16H,6-8,13-14H2,1-5H3,(H2,22,23,24);1H. The molecule has 0 saturated carbocycles. The maximum Gasteiger partial charge on any atom is 0.191 e. The van der Waals surface area contributed by atoms with E-state index in [4.69, 9.17) is 9.52 Å². The fourth-order valence-corrected chi connectivity index (χ4v) is 2.96. The predicted molar refractivity (Wildman–Crippen MR) is 123 cm³/mol. The molecule has 1 aromatic heterocycles. The maximum absolute atomic E-state index is 5.44. The van der Waals surface area contributed by atoms with Gasteiger partial charge in [0.25, 0.3) is 0 Å². The molecule has 0 saturated heterocycles. The van der Waals surface area contributed by atoms with Crippen LogP contribution in [0, 0.1) is 6.92 Å². The normalized spacial score (nSPS) is 12.4. The third-order valence-electron chi connectivity index (χ3n) is 4.53. The fraction of sp³-hybridized carbons (Fsp3) is 0.524. The fourth-order valence-electron chi connectivity index (χ4n) is 2.96. The highest BCUT2D eigenvalue weighted by molar-refractivity contribution is 14.0. The third kappa shape index (κ3) is 6.83. The van der Waals surface area contributed by atoms with Crippen LogP contribution in [0.5, 0.6) is 0 Å². The smallest absolute Gasteiger partial charge is 0.191 e. The Labute approximate surface area is 180 Å². The lowest BCUT2D eigenvalue weighted by atomic mass is 9.99. The van der Waals surface area contributed by atoms with Crippen molar-refractivity contribution in [2.24, 2.45) is 4.99 Å². The van der Waals surface area contributed by atoms with Crippen molar-refractivity contribution in [2.45, 2.75) is 59.9 Å². The van der Waals surface area contributed by atoms with E-state index >= 15 is 0 Å². The number of aliphatic imine (C=N–C) groups is 1. The van der Waals surface area contributed by atoms with Gasteiger partial charge in [-0.25, -0.2) is 4.99 Å². The number of nitrogens with one attached hydrogen (secondary N) is 2. The summed E-state index contributed by atoms with van der Waals surface area (Å²) in [6.07, 6.45) is 1.70. The van der Waals surface area contributed by atoms with E-state index in [1.54, 1.807) is 0 Å². The molecule has 0 aliphatic rings. The van der Waals surface area contributed by atoms with E-state index in [1.165, 1.54) is 11.1 Å². The first-order chi connectivity index (χ1) is 12.6. The van der Waals surface area contributed by atoms with Crippen LogP contribution in [0.2, 0.25) is 0 Å². The van der Waals surface area contributed by atoms with Crippen LogP contribution in [0.1, 0.15) is 61.8 Å². The summed E-state index contributed by atoms with van der Waals surface area (Å²) in [5.41, 5.74) is 4.77. The van der Waals surface area contributed by atoms with Crippen molar-refractivity contribution < 1.29 is 4.52 Å². The summed E-state index contributed by atoms with van der Waals surface area (Å²) >= 11 is 0. The summed E-state index contributed by atoms with van der Waals surface area (Å²) in [4.78, 5) is 4.75. The number of aryl methyl sites for hydroxylation is 3. The SMILES string of the molecule is CCNC(=NCc1c(CC)noc1CC)NCC(C)c1cccc(C)c1.I. The molecule has 0 fully saturated rings. The monoisotopic (exact) mass is 484 g/mol. The summed E-state index contributed by atoms with van der Waals surface area (Å²) in [5, 5.41) is 11.0. The molecule has 150 valence electrons. The largest absolute Gasteiger partial charge is 0.361 e. The molecule has 2 rings (SSSR count). The molecule has 0 spiro atoms. The molecule has 6 heteroatoms. The second-order valence-electron chi connectivity index (χ2n) is 6.63. The van der Waals surface area contributed by atoms with Gasteiger partial charge in [-0.2, -0.15) is 0 Å². The highest BCUT2D eigenvalue weighted by atomic mass is 127. The summed E-state index contributed by atoms with van der Waals surface area (Å²) in [6.45, 7) is 12.9. The molecule has 2 N–H and O–H groups in total. The quantitative estimate of drug-likeness (QED) is 0.327. The van der Waals surface area contributed by atoms with Crippen molar-refractivity contribution >= 4 is 29.9 Å². The van der Waals surface area contributed by atoms with Crippen LogP contribution < -0.4 is 10.6 Å². The number of benzene rings is 1. The minimum Gasteiger partial charge on any atom is -0.361 e. The van der Waals surface area contributed by atoms with Crippen LogP contribution >= 0.6 is 24.0 Å². The Bertz CT molecular complexity index is 705. The first-order valence-corrected chi connectivity index (χ1v) is 9.63. The van der Waals surface area contributed by atoms with Crippen LogP contribution in [-0.4, -0.2) is 24.2 Å². The topological polar surface area (TPSA) is 62.5 Å². The molecule has 2 aromatic rings. The summed E-state index contributed by atoms with van der Waals surface area (Å²) in [6, 6.07) is 8.67. The Kier molecular flexibility index (Phi) is 10.4. The molecule has 0 amide bonds. The van der Waals surface area contributed by atoms with Crippen molar-refractivity contribution in [3.05, 3.63) is 52.4 Å². The van der Waals surface area contributed by atoms with Crippen molar-refractivity contribution in [3.8, 4) is 0 Å². The van der Waals surface area contributed by atoms with Gasteiger partial charge in [-0.3, -0.25) is 0 Å². The number of guanidine groups is 1. The van der Waals surface area contributed by atoms with E-state index in [-0.39, 0.29) is 24.0 Å². The number of hydrogen-bond acceptors (Lipinski definition) is 3. The Hall–Kier alpha value is -1.57. The zero-order valence-corrected chi connectivity index (χ0v) is 19.5. The molecule has 0 radical (unpaired) electrons. The van der Waals surface area contributed by atoms with E-state index in [1.807, 2.05) is 0 Å². The van der Waals surface area contributed by atoms with Gasteiger partial charge in [0.15, 0.2) is 5.96 Å². The van der Waals surface area contributed by atoms with Crippen LogP contribution in [-0.2, 0) is 19.4 Å². The average Bonchev–Trinajstić information content (AvgIpc) is 3.05. The van der Waals surface area contributed by atoms with Crippen molar-refractivity contribution in [3.63, 3.8) is 0 Å². The molecule has 0 bridgehead atoms. The average molecular weight is 484 g/mol. The Balaban J connectivity index is 0.00000364. The van der Waals surface area contributed by atoms with Gasteiger partial charge in [0.1, 0.15) is 5.76 Å².